The van der Waals surface area contributed by atoms with Crippen molar-refractivity contribution in [2.24, 2.45) is 0 Å². The van der Waals surface area contributed by atoms with E-state index in [2.05, 4.69) is 5.92 Å². The van der Waals surface area contributed by atoms with Gasteiger partial charge in [-0.05, 0) is 23.8 Å². The number of carbonyl (C=O) groups excluding carboxylic acids is 1. The average Bonchev–Trinajstić information content (AvgIpc) is 3.08. The quantitative estimate of drug-likeness (QED) is 0.696. The second-order valence-corrected chi connectivity index (χ2v) is 6.66. The monoisotopic (exact) mass is 363 g/mol. The third-order valence-corrected chi connectivity index (χ3v) is 5.01. The highest BCUT2D eigenvalue weighted by molar-refractivity contribution is 6.05. The van der Waals surface area contributed by atoms with Crippen LogP contribution < -0.4 is 0 Å². The molecule has 0 saturated carbocycles. The molecule has 27 heavy (non-hydrogen) atoms. The maximum absolute atomic E-state index is 12.6. The van der Waals surface area contributed by atoms with Crippen LogP contribution in [0, 0.1) is 12.3 Å². The predicted octanol–water partition coefficient (Wildman–Crippen LogP) is 4.14. The molecule has 1 aromatic heterocycles. The largest absolute Gasteiger partial charge is 0.456 e. The summed E-state index contributed by atoms with van der Waals surface area (Å²) in [5, 5.41) is 12.2. The molecule has 1 saturated heterocycles. The van der Waals surface area contributed by atoms with Gasteiger partial charge in [-0.15, -0.1) is 6.42 Å². The standard InChI is InChI=1S/C21H19NO3.C2H6/c1-2-21(24)9-11-22(12-10-21)20(23)14-15-7-8-19-17(13-15)16-5-3-4-6-18(16)25-19;1-2/h1,3-8,13,24H,9-12,14H2;1-2H3. The Bertz CT molecular complexity index is 988. The number of para-hydroxylation sites is 1. The molecule has 140 valence electrons. The molecule has 1 N–H and O–H groups in total. The van der Waals surface area contributed by atoms with Crippen LogP contribution in [0.3, 0.4) is 0 Å². The van der Waals surface area contributed by atoms with Crippen LogP contribution in [-0.4, -0.2) is 34.6 Å². The van der Waals surface area contributed by atoms with E-state index in [1.165, 1.54) is 0 Å². The Labute approximate surface area is 159 Å². The lowest BCUT2D eigenvalue weighted by molar-refractivity contribution is -0.133. The molecule has 1 aliphatic rings. The zero-order valence-electron chi connectivity index (χ0n) is 15.9. The molecule has 1 fully saturated rings. The number of aliphatic hydroxyl groups is 1. The Balaban J connectivity index is 0.00000102. The summed E-state index contributed by atoms with van der Waals surface area (Å²) in [7, 11) is 0. The Kier molecular flexibility index (Phi) is 5.53. The van der Waals surface area contributed by atoms with Crippen LogP contribution in [0.15, 0.2) is 46.9 Å². The first-order valence-electron chi connectivity index (χ1n) is 9.46. The minimum Gasteiger partial charge on any atom is -0.456 e. The fourth-order valence-electron chi connectivity index (χ4n) is 3.44. The van der Waals surface area contributed by atoms with Crippen molar-refractivity contribution >= 4 is 27.8 Å². The van der Waals surface area contributed by atoms with Gasteiger partial charge in [-0.25, -0.2) is 0 Å². The van der Waals surface area contributed by atoms with Crippen LogP contribution in [0.25, 0.3) is 21.9 Å². The lowest BCUT2D eigenvalue weighted by Crippen LogP contribution is -2.46. The van der Waals surface area contributed by atoms with E-state index in [1.54, 1.807) is 4.90 Å². The number of rotatable bonds is 2. The third-order valence-electron chi connectivity index (χ3n) is 5.01. The van der Waals surface area contributed by atoms with Crippen molar-refractivity contribution in [3.8, 4) is 12.3 Å². The number of carbonyl (C=O) groups is 1. The number of amides is 1. The van der Waals surface area contributed by atoms with Gasteiger partial charge >= 0.3 is 0 Å². The zero-order chi connectivity index (χ0) is 19.4. The average molecular weight is 363 g/mol. The van der Waals surface area contributed by atoms with Gasteiger partial charge in [-0.3, -0.25) is 4.79 Å². The molecular formula is C23H25NO3. The van der Waals surface area contributed by atoms with E-state index in [4.69, 9.17) is 10.8 Å². The number of piperidine rings is 1. The van der Waals surface area contributed by atoms with Crippen molar-refractivity contribution in [2.75, 3.05) is 13.1 Å². The van der Waals surface area contributed by atoms with Gasteiger partial charge in [0.05, 0.1) is 6.42 Å². The van der Waals surface area contributed by atoms with Crippen molar-refractivity contribution in [3.05, 3.63) is 48.0 Å². The molecule has 1 amide bonds. The van der Waals surface area contributed by atoms with Crippen LogP contribution in [0.1, 0.15) is 32.3 Å². The van der Waals surface area contributed by atoms with Crippen LogP contribution >= 0.6 is 0 Å². The normalized spacial score (nSPS) is 15.9. The smallest absolute Gasteiger partial charge is 0.226 e. The van der Waals surface area contributed by atoms with E-state index < -0.39 is 5.60 Å². The molecule has 1 aliphatic heterocycles. The van der Waals surface area contributed by atoms with E-state index >= 15 is 0 Å². The van der Waals surface area contributed by atoms with Crippen molar-refractivity contribution in [2.45, 2.75) is 38.7 Å². The van der Waals surface area contributed by atoms with Crippen LogP contribution in [0.5, 0.6) is 0 Å². The Morgan fingerprint density at radius 3 is 2.52 bits per heavy atom. The number of furan rings is 1. The SMILES string of the molecule is C#CC1(O)CCN(C(=O)Cc2ccc3oc4ccccc4c3c2)CC1.CC. The first-order valence-corrected chi connectivity index (χ1v) is 9.46. The van der Waals surface area contributed by atoms with E-state index in [0.717, 1.165) is 27.5 Å². The van der Waals surface area contributed by atoms with Crippen molar-refractivity contribution < 1.29 is 14.3 Å². The molecule has 0 spiro atoms. The molecule has 0 aliphatic carbocycles. The Morgan fingerprint density at radius 2 is 1.81 bits per heavy atom. The Hall–Kier alpha value is -2.77. The van der Waals surface area contributed by atoms with Gasteiger partial charge < -0.3 is 14.4 Å². The molecule has 2 aromatic carbocycles. The summed E-state index contributed by atoms with van der Waals surface area (Å²) in [4.78, 5) is 14.4. The summed E-state index contributed by atoms with van der Waals surface area (Å²) >= 11 is 0. The fourth-order valence-corrected chi connectivity index (χ4v) is 3.44. The molecular weight excluding hydrogens is 338 g/mol. The second-order valence-electron chi connectivity index (χ2n) is 6.66. The van der Waals surface area contributed by atoms with Gasteiger partial charge in [0.15, 0.2) is 0 Å². The molecule has 4 rings (SSSR count). The summed E-state index contributed by atoms with van der Waals surface area (Å²) in [6.45, 7) is 4.99. The van der Waals surface area contributed by atoms with Crippen LogP contribution in [-0.2, 0) is 11.2 Å². The molecule has 0 radical (unpaired) electrons. The van der Waals surface area contributed by atoms with Crippen LogP contribution in [0.4, 0.5) is 0 Å². The molecule has 2 heterocycles. The number of likely N-dealkylation sites (tertiary alicyclic amines) is 1. The van der Waals surface area contributed by atoms with Gasteiger partial charge in [-0.2, -0.15) is 0 Å². The van der Waals surface area contributed by atoms with Crippen molar-refractivity contribution in [1.82, 2.24) is 4.90 Å². The molecule has 4 nitrogen and oxygen atoms in total. The number of fused-ring (bicyclic) bond motifs is 3. The zero-order valence-corrected chi connectivity index (χ0v) is 15.9. The van der Waals surface area contributed by atoms with Crippen molar-refractivity contribution in [3.63, 3.8) is 0 Å². The summed E-state index contributed by atoms with van der Waals surface area (Å²) in [6.07, 6.45) is 6.56. The van der Waals surface area contributed by atoms with E-state index in [0.29, 0.717) is 32.4 Å². The highest BCUT2D eigenvalue weighted by atomic mass is 16.3. The summed E-state index contributed by atoms with van der Waals surface area (Å²) in [5.41, 5.74) is 1.58. The van der Waals surface area contributed by atoms with Gasteiger partial charge in [0.1, 0.15) is 16.8 Å². The minimum absolute atomic E-state index is 0.0613. The highest BCUT2D eigenvalue weighted by Crippen LogP contribution is 2.29. The summed E-state index contributed by atoms with van der Waals surface area (Å²) < 4.78 is 5.82. The molecule has 3 aromatic rings. The van der Waals surface area contributed by atoms with Crippen molar-refractivity contribution in [1.29, 1.82) is 0 Å². The number of hydrogen-bond donors (Lipinski definition) is 1. The fraction of sp³-hybridized carbons (Fsp3) is 0.348. The lowest BCUT2D eigenvalue weighted by atomic mass is 9.92. The number of nitrogens with zero attached hydrogens (tertiary/aromatic N) is 1. The molecule has 4 heteroatoms. The van der Waals surface area contributed by atoms with Gasteiger partial charge in [0.2, 0.25) is 5.91 Å². The maximum Gasteiger partial charge on any atom is 0.226 e. The molecule has 0 atom stereocenters. The summed E-state index contributed by atoms with van der Waals surface area (Å²) in [6, 6.07) is 13.8. The number of benzene rings is 2. The highest BCUT2D eigenvalue weighted by Gasteiger charge is 2.31. The van der Waals surface area contributed by atoms with Gasteiger partial charge in [0, 0.05) is 36.7 Å². The maximum atomic E-state index is 12.6. The number of hydrogen-bond acceptors (Lipinski definition) is 3. The van der Waals surface area contributed by atoms with E-state index in [9.17, 15) is 9.90 Å². The van der Waals surface area contributed by atoms with E-state index in [-0.39, 0.29) is 5.91 Å². The first-order chi connectivity index (χ1) is 13.1. The molecule has 0 unspecified atom stereocenters. The number of terminal acetylenes is 1. The second kappa shape index (κ2) is 7.85. The third kappa shape index (κ3) is 3.84. The summed E-state index contributed by atoms with van der Waals surface area (Å²) in [5.74, 6) is 2.49. The molecule has 0 bridgehead atoms. The first kappa shape index (κ1) is 19.0. The minimum atomic E-state index is -1.06. The topological polar surface area (TPSA) is 53.7 Å². The van der Waals surface area contributed by atoms with Gasteiger partial charge in [-0.1, -0.05) is 44.0 Å². The Morgan fingerprint density at radius 1 is 1.15 bits per heavy atom. The lowest BCUT2D eigenvalue weighted by Gasteiger charge is -2.35. The van der Waals surface area contributed by atoms with Crippen LogP contribution in [0.2, 0.25) is 0 Å². The van der Waals surface area contributed by atoms with E-state index in [1.807, 2.05) is 56.3 Å². The predicted molar refractivity (Wildman–Crippen MR) is 108 cm³/mol. The van der Waals surface area contributed by atoms with Gasteiger partial charge in [0.25, 0.3) is 0 Å².